The van der Waals surface area contributed by atoms with Crippen molar-refractivity contribution < 1.29 is 28.5 Å². The molecule has 174 valence electrons. The summed E-state index contributed by atoms with van der Waals surface area (Å²) in [4.78, 5) is 33.2. The van der Waals surface area contributed by atoms with Crippen LogP contribution in [-0.4, -0.2) is 62.5 Å². The Morgan fingerprint density at radius 2 is 1.88 bits per heavy atom. The van der Waals surface area contributed by atoms with Crippen molar-refractivity contribution in [2.45, 2.75) is 13.0 Å². The van der Waals surface area contributed by atoms with Crippen LogP contribution in [0.5, 0.6) is 11.5 Å². The average molecular weight is 453 g/mol. The maximum Gasteiger partial charge on any atom is 0.321 e. The number of amides is 1. The third-order valence-corrected chi connectivity index (χ3v) is 5.76. The van der Waals surface area contributed by atoms with Crippen molar-refractivity contribution in [3.63, 3.8) is 0 Å². The Kier molecular flexibility index (Phi) is 6.50. The van der Waals surface area contributed by atoms with Crippen LogP contribution in [0.2, 0.25) is 0 Å². The minimum Gasteiger partial charge on any atom is -0.497 e. The van der Waals surface area contributed by atoms with Crippen molar-refractivity contribution >= 4 is 28.9 Å². The molecule has 0 saturated heterocycles. The van der Waals surface area contributed by atoms with Crippen LogP contribution in [0.4, 0.5) is 5.95 Å². The van der Waals surface area contributed by atoms with Gasteiger partial charge < -0.3 is 23.5 Å². The first-order valence-electron chi connectivity index (χ1n) is 10.7. The van der Waals surface area contributed by atoms with Crippen molar-refractivity contribution in [1.82, 2.24) is 9.55 Å². The highest BCUT2D eigenvalue weighted by molar-refractivity contribution is 6.08. The monoisotopic (exact) mass is 453 g/mol. The van der Waals surface area contributed by atoms with Gasteiger partial charge in [-0.3, -0.25) is 14.5 Å². The van der Waals surface area contributed by atoms with Crippen LogP contribution in [0, 0.1) is 5.92 Å². The minimum atomic E-state index is -1.15. The Hall–Kier alpha value is -3.59. The number of hydrogen-bond donors (Lipinski definition) is 0. The van der Waals surface area contributed by atoms with Gasteiger partial charge in [-0.2, -0.15) is 0 Å². The topological polar surface area (TPSA) is 92.1 Å². The van der Waals surface area contributed by atoms with E-state index in [1.54, 1.807) is 46.5 Å². The molecule has 1 aromatic heterocycles. The van der Waals surface area contributed by atoms with Gasteiger partial charge in [-0.1, -0.05) is 12.1 Å². The lowest BCUT2D eigenvalue weighted by molar-refractivity contribution is -0.153. The minimum absolute atomic E-state index is 0.153. The summed E-state index contributed by atoms with van der Waals surface area (Å²) in [5, 5.41) is 0. The Morgan fingerprint density at radius 3 is 2.58 bits per heavy atom. The van der Waals surface area contributed by atoms with E-state index in [2.05, 4.69) is 0 Å². The van der Waals surface area contributed by atoms with Crippen molar-refractivity contribution in [1.29, 1.82) is 0 Å². The van der Waals surface area contributed by atoms with E-state index in [9.17, 15) is 9.59 Å². The number of esters is 1. The zero-order chi connectivity index (χ0) is 23.5. The van der Waals surface area contributed by atoms with E-state index >= 15 is 0 Å². The lowest BCUT2D eigenvalue weighted by Gasteiger charge is -2.38. The number of hydrogen-bond acceptors (Lipinski definition) is 7. The number of aromatic nitrogens is 2. The Balaban J connectivity index is 2.03. The molecule has 1 amide bonds. The summed E-state index contributed by atoms with van der Waals surface area (Å²) in [6.45, 7) is 2.40. The van der Waals surface area contributed by atoms with Crippen molar-refractivity contribution in [3.8, 4) is 11.5 Å². The van der Waals surface area contributed by atoms with Gasteiger partial charge in [0.1, 0.15) is 11.5 Å². The number of anilines is 1. The largest absolute Gasteiger partial charge is 0.497 e. The van der Waals surface area contributed by atoms with Gasteiger partial charge in [0, 0.05) is 12.7 Å². The molecule has 0 aliphatic carbocycles. The fourth-order valence-corrected chi connectivity index (χ4v) is 4.29. The molecular weight excluding hydrogens is 426 g/mol. The lowest BCUT2D eigenvalue weighted by atomic mass is 9.88. The number of nitrogens with zero attached hydrogens (tertiary/aromatic N) is 3. The third-order valence-electron chi connectivity index (χ3n) is 5.76. The van der Waals surface area contributed by atoms with Crippen molar-refractivity contribution in [2.24, 2.45) is 5.92 Å². The van der Waals surface area contributed by atoms with Gasteiger partial charge >= 0.3 is 5.97 Å². The third kappa shape index (κ3) is 3.89. The normalized spacial score (nSPS) is 17.7. The molecule has 0 unspecified atom stereocenters. The molecule has 9 nitrogen and oxygen atoms in total. The standard InChI is InChI=1S/C24H27N3O6/c1-5-33-23(29)20-21(16-14-15(31-3)10-11-19(16)32-4)27-18-9-7-6-8-17(18)25-24(27)26(22(20)28)12-13-30-2/h6-11,14,20-21H,5,12-13H2,1-4H3/t20-,21+/m1/s1. The van der Waals surface area contributed by atoms with Crippen LogP contribution < -0.4 is 14.4 Å². The maximum atomic E-state index is 13.8. The summed E-state index contributed by atoms with van der Waals surface area (Å²) in [5.74, 6) is -0.612. The molecule has 0 N–H and O–H groups in total. The first-order chi connectivity index (χ1) is 16.0. The highest BCUT2D eigenvalue weighted by Gasteiger charge is 2.48. The van der Waals surface area contributed by atoms with E-state index in [1.165, 1.54) is 4.90 Å². The van der Waals surface area contributed by atoms with Gasteiger partial charge in [0.2, 0.25) is 11.9 Å². The van der Waals surface area contributed by atoms with E-state index in [0.29, 0.717) is 28.5 Å². The molecule has 0 spiro atoms. The molecule has 2 heterocycles. The fraction of sp³-hybridized carbons (Fsp3) is 0.375. The highest BCUT2D eigenvalue weighted by atomic mass is 16.5. The van der Waals surface area contributed by atoms with Crippen LogP contribution in [0.1, 0.15) is 18.5 Å². The fourth-order valence-electron chi connectivity index (χ4n) is 4.29. The predicted octanol–water partition coefficient (Wildman–Crippen LogP) is 2.82. The number of para-hydroxylation sites is 2. The predicted molar refractivity (Wildman–Crippen MR) is 122 cm³/mol. The van der Waals surface area contributed by atoms with Crippen LogP contribution in [0.3, 0.4) is 0 Å². The number of imidazole rings is 1. The van der Waals surface area contributed by atoms with E-state index < -0.39 is 23.8 Å². The second kappa shape index (κ2) is 9.50. The summed E-state index contributed by atoms with van der Waals surface area (Å²) < 4.78 is 23.6. The molecule has 9 heteroatoms. The summed E-state index contributed by atoms with van der Waals surface area (Å²) in [6.07, 6.45) is 0. The van der Waals surface area contributed by atoms with E-state index in [4.69, 9.17) is 23.9 Å². The Bertz CT molecular complexity index is 1170. The van der Waals surface area contributed by atoms with Gasteiger partial charge in [-0.25, -0.2) is 4.98 Å². The molecule has 0 bridgehead atoms. The summed E-state index contributed by atoms with van der Waals surface area (Å²) in [6, 6.07) is 12.1. The highest BCUT2D eigenvalue weighted by Crippen LogP contribution is 2.44. The Morgan fingerprint density at radius 1 is 1.09 bits per heavy atom. The van der Waals surface area contributed by atoms with E-state index in [0.717, 1.165) is 5.52 Å². The van der Waals surface area contributed by atoms with Crippen LogP contribution >= 0.6 is 0 Å². The number of fused-ring (bicyclic) bond motifs is 3. The van der Waals surface area contributed by atoms with Gasteiger partial charge in [0.15, 0.2) is 5.92 Å². The SMILES string of the molecule is CCOC(=O)[C@H]1C(=O)N(CCOC)c2nc3ccccc3n2[C@H]1c1cc(OC)ccc1OC. The number of benzene rings is 2. The van der Waals surface area contributed by atoms with Crippen LogP contribution in [0.15, 0.2) is 42.5 Å². The number of methoxy groups -OCH3 is 3. The van der Waals surface area contributed by atoms with E-state index in [1.807, 2.05) is 28.8 Å². The second-order valence-electron chi connectivity index (χ2n) is 7.54. The van der Waals surface area contributed by atoms with E-state index in [-0.39, 0.29) is 19.8 Å². The zero-order valence-corrected chi connectivity index (χ0v) is 19.1. The molecule has 2 atom stereocenters. The molecule has 1 aliphatic rings. The molecule has 33 heavy (non-hydrogen) atoms. The van der Waals surface area contributed by atoms with Crippen molar-refractivity contribution in [2.75, 3.05) is 46.0 Å². The zero-order valence-electron chi connectivity index (χ0n) is 19.1. The van der Waals surface area contributed by atoms with Gasteiger partial charge in [0.25, 0.3) is 0 Å². The smallest absolute Gasteiger partial charge is 0.321 e. The molecule has 1 aliphatic heterocycles. The number of ether oxygens (including phenoxy) is 4. The molecule has 0 fully saturated rings. The molecule has 4 rings (SSSR count). The molecule has 0 radical (unpaired) electrons. The first-order valence-corrected chi connectivity index (χ1v) is 10.7. The molecule has 2 aromatic carbocycles. The average Bonchev–Trinajstić information content (AvgIpc) is 3.21. The van der Waals surface area contributed by atoms with Crippen molar-refractivity contribution in [3.05, 3.63) is 48.0 Å². The summed E-state index contributed by atoms with van der Waals surface area (Å²) in [7, 11) is 4.67. The van der Waals surface area contributed by atoms with Crippen LogP contribution in [0.25, 0.3) is 11.0 Å². The quantitative estimate of drug-likeness (QED) is 0.383. The first kappa shape index (κ1) is 22.6. The number of carbonyl (C=O) groups is 2. The number of rotatable bonds is 8. The van der Waals surface area contributed by atoms with Gasteiger partial charge in [0.05, 0.1) is 51.1 Å². The summed E-state index contributed by atoms with van der Waals surface area (Å²) >= 11 is 0. The maximum absolute atomic E-state index is 13.8. The lowest BCUT2D eigenvalue weighted by Crippen LogP contribution is -2.51. The Labute approximate surface area is 191 Å². The number of carbonyl (C=O) groups excluding carboxylic acids is 2. The van der Waals surface area contributed by atoms with Gasteiger partial charge in [-0.15, -0.1) is 0 Å². The van der Waals surface area contributed by atoms with Crippen LogP contribution in [-0.2, 0) is 19.1 Å². The second-order valence-corrected chi connectivity index (χ2v) is 7.54. The summed E-state index contributed by atoms with van der Waals surface area (Å²) in [5.41, 5.74) is 2.12. The molecular formula is C24H27N3O6. The molecule has 0 saturated carbocycles. The van der Waals surface area contributed by atoms with Gasteiger partial charge in [-0.05, 0) is 37.3 Å². The molecule has 3 aromatic rings.